The number of rotatable bonds is 7. The van der Waals surface area contributed by atoms with Crippen molar-refractivity contribution in [3.05, 3.63) is 71.7 Å². The van der Waals surface area contributed by atoms with Gasteiger partial charge in [0.2, 0.25) is 5.82 Å². The van der Waals surface area contributed by atoms with E-state index in [0.29, 0.717) is 24.7 Å². The number of tetrazole rings is 1. The van der Waals surface area contributed by atoms with Gasteiger partial charge in [0.15, 0.2) is 0 Å². The molecule has 2 N–H and O–H groups in total. The van der Waals surface area contributed by atoms with Crippen molar-refractivity contribution in [3.63, 3.8) is 0 Å². The minimum atomic E-state index is -5.74. The molecule has 0 spiro atoms. The number of hydrogen-bond acceptors (Lipinski definition) is 6. The maximum atomic E-state index is 14.0. The summed E-state index contributed by atoms with van der Waals surface area (Å²) in [5, 5.41) is 16.9. The van der Waals surface area contributed by atoms with Gasteiger partial charge in [-0.15, -0.1) is 10.2 Å². The molecule has 0 radical (unpaired) electrons. The molecule has 2 aromatic carbocycles. The van der Waals surface area contributed by atoms with Gasteiger partial charge in [-0.1, -0.05) is 48.5 Å². The monoisotopic (exact) mass is 511 g/mol. The van der Waals surface area contributed by atoms with Gasteiger partial charge in [-0.2, -0.15) is 27.2 Å². The van der Waals surface area contributed by atoms with Gasteiger partial charge in [0, 0.05) is 24.1 Å². The van der Waals surface area contributed by atoms with Crippen LogP contribution in [0.2, 0.25) is 0 Å². The van der Waals surface area contributed by atoms with E-state index in [1.807, 2.05) is 48.5 Å². The Morgan fingerprint density at radius 2 is 1.64 bits per heavy atom. The van der Waals surface area contributed by atoms with Crippen molar-refractivity contribution in [2.24, 2.45) is 0 Å². The fourth-order valence-corrected chi connectivity index (χ4v) is 3.59. The number of aromatic nitrogens is 6. The topological polar surface area (TPSA) is 92.3 Å². The van der Waals surface area contributed by atoms with Crippen LogP contribution in [0, 0.1) is 0 Å². The van der Waals surface area contributed by atoms with E-state index in [1.165, 1.54) is 0 Å². The standard InChI is InChI=1S/C23H18F5N7.Na.H/c24-22(25,23(26,27)28)18-11-19(31-20(30-18)15-9-10-15)29-12-13-5-7-14(8-6-13)16-3-1-2-4-17(16)21-32-34-35-33-21;;/h1-8,11,15H,9-10,12H2,(H,29,30,31)(H,32,33,34,35);;/q;+1;-1. The molecule has 0 bridgehead atoms. The van der Waals surface area contributed by atoms with Gasteiger partial charge in [-0.05, 0) is 34.7 Å². The van der Waals surface area contributed by atoms with Gasteiger partial charge >= 0.3 is 41.7 Å². The second-order valence-corrected chi connectivity index (χ2v) is 8.17. The summed E-state index contributed by atoms with van der Waals surface area (Å²) in [6.07, 6.45) is -4.42. The van der Waals surface area contributed by atoms with Crippen LogP contribution in [0.3, 0.4) is 0 Å². The number of aromatic amines is 1. The number of nitrogens with one attached hydrogen (secondary N) is 2. The number of H-pyrrole nitrogens is 1. The van der Waals surface area contributed by atoms with Crippen molar-refractivity contribution in [2.45, 2.75) is 37.4 Å². The second-order valence-electron chi connectivity index (χ2n) is 8.17. The average Bonchev–Trinajstić information content (AvgIpc) is 3.56. The minimum absolute atomic E-state index is 0. The normalized spacial score (nSPS) is 13.8. The molecule has 1 aliphatic rings. The molecule has 36 heavy (non-hydrogen) atoms. The summed E-state index contributed by atoms with van der Waals surface area (Å²) in [6, 6.07) is 15.6. The summed E-state index contributed by atoms with van der Waals surface area (Å²) in [7, 11) is 0. The summed E-state index contributed by atoms with van der Waals surface area (Å²) in [5.41, 5.74) is 2.00. The Labute approximate surface area is 225 Å². The molecule has 1 fully saturated rings. The van der Waals surface area contributed by atoms with Gasteiger partial charge in [-0.25, -0.2) is 9.97 Å². The van der Waals surface area contributed by atoms with Crippen LogP contribution >= 0.6 is 0 Å². The first-order valence-corrected chi connectivity index (χ1v) is 10.7. The van der Waals surface area contributed by atoms with Gasteiger partial charge in [-0.3, -0.25) is 0 Å². The summed E-state index contributed by atoms with van der Waals surface area (Å²) >= 11 is 0. The molecule has 0 amide bonds. The van der Waals surface area contributed by atoms with Crippen molar-refractivity contribution in [2.75, 3.05) is 5.32 Å². The van der Waals surface area contributed by atoms with E-state index in [9.17, 15) is 22.0 Å². The molecule has 182 valence electrons. The van der Waals surface area contributed by atoms with Gasteiger partial charge < -0.3 is 6.74 Å². The van der Waals surface area contributed by atoms with Gasteiger partial charge in [0.25, 0.3) is 0 Å². The zero-order valence-corrected chi connectivity index (χ0v) is 21.0. The van der Waals surface area contributed by atoms with E-state index in [1.54, 1.807) is 0 Å². The predicted molar refractivity (Wildman–Crippen MR) is 117 cm³/mol. The number of halogens is 5. The molecule has 1 aliphatic carbocycles. The number of hydrogen-bond donors (Lipinski definition) is 2. The molecule has 5 rings (SSSR count). The van der Waals surface area contributed by atoms with Crippen LogP contribution in [0.4, 0.5) is 27.8 Å². The second kappa shape index (κ2) is 10.2. The molecule has 0 saturated heterocycles. The zero-order chi connectivity index (χ0) is 24.6. The molecule has 0 atom stereocenters. The minimum Gasteiger partial charge on any atom is -1.00 e. The van der Waals surface area contributed by atoms with E-state index >= 15 is 0 Å². The van der Waals surface area contributed by atoms with E-state index in [4.69, 9.17) is 0 Å². The maximum absolute atomic E-state index is 14.0. The molecule has 7 nitrogen and oxygen atoms in total. The van der Waals surface area contributed by atoms with Crippen molar-refractivity contribution in [3.8, 4) is 22.5 Å². The van der Waals surface area contributed by atoms with Crippen molar-refractivity contribution < 1.29 is 52.9 Å². The summed E-state index contributed by atoms with van der Waals surface area (Å²) in [5.74, 6) is -4.88. The first kappa shape index (κ1) is 26.1. The van der Waals surface area contributed by atoms with Crippen LogP contribution in [-0.4, -0.2) is 36.8 Å². The van der Waals surface area contributed by atoms with E-state index in [-0.39, 0.29) is 55.1 Å². The predicted octanol–water partition coefficient (Wildman–Crippen LogP) is 2.58. The first-order chi connectivity index (χ1) is 16.7. The molecular weight excluding hydrogens is 492 g/mol. The molecule has 13 heteroatoms. The molecule has 2 heterocycles. The molecule has 1 saturated carbocycles. The summed E-state index contributed by atoms with van der Waals surface area (Å²) in [6.45, 7) is 0.172. The number of benzene rings is 2. The number of alkyl halides is 5. The Balaban J connectivity index is 0.00000190. The Morgan fingerprint density at radius 1 is 0.944 bits per heavy atom. The summed E-state index contributed by atoms with van der Waals surface area (Å²) in [4.78, 5) is 7.69. The van der Waals surface area contributed by atoms with Crippen molar-refractivity contribution >= 4 is 5.82 Å². The van der Waals surface area contributed by atoms with E-state index in [2.05, 4.69) is 35.9 Å². The van der Waals surface area contributed by atoms with E-state index < -0.39 is 17.8 Å². The van der Waals surface area contributed by atoms with Crippen LogP contribution in [0.15, 0.2) is 54.6 Å². The van der Waals surface area contributed by atoms with Gasteiger partial charge in [0.1, 0.15) is 17.3 Å². The number of anilines is 1. The smallest absolute Gasteiger partial charge is 1.00 e. The first-order valence-electron chi connectivity index (χ1n) is 10.7. The van der Waals surface area contributed by atoms with Crippen LogP contribution in [0.25, 0.3) is 22.5 Å². The third-order valence-corrected chi connectivity index (χ3v) is 5.62. The third-order valence-electron chi connectivity index (χ3n) is 5.62. The SMILES string of the molecule is FC(F)(F)C(F)(F)c1cc(NCc2ccc(-c3ccccc3-c3nn[nH]n3)cc2)nc(C2CC2)n1.[H-].[Na+]. The molecule has 0 unspecified atom stereocenters. The van der Waals surface area contributed by atoms with Crippen LogP contribution in [0.5, 0.6) is 0 Å². The zero-order valence-electron chi connectivity index (χ0n) is 20.0. The largest absolute Gasteiger partial charge is 1.00 e. The third kappa shape index (κ3) is 5.40. The molecular formula is C23H19F5N7Na. The van der Waals surface area contributed by atoms with Crippen LogP contribution in [-0.2, 0) is 12.5 Å². The fourth-order valence-electron chi connectivity index (χ4n) is 3.59. The Hall–Kier alpha value is -2.96. The van der Waals surface area contributed by atoms with Crippen molar-refractivity contribution in [1.82, 2.24) is 30.6 Å². The Morgan fingerprint density at radius 3 is 2.25 bits per heavy atom. The fraction of sp³-hybridized carbons (Fsp3) is 0.261. The molecule has 4 aromatic rings. The molecule has 2 aromatic heterocycles. The Kier molecular flexibility index (Phi) is 7.39. The van der Waals surface area contributed by atoms with E-state index in [0.717, 1.165) is 22.3 Å². The number of nitrogens with zero attached hydrogens (tertiary/aromatic N) is 5. The van der Waals surface area contributed by atoms with Crippen LogP contribution in [0.1, 0.15) is 37.3 Å². The van der Waals surface area contributed by atoms with Gasteiger partial charge in [0.05, 0.1) is 0 Å². The van der Waals surface area contributed by atoms with Crippen LogP contribution < -0.4 is 34.9 Å². The van der Waals surface area contributed by atoms with Crippen molar-refractivity contribution in [1.29, 1.82) is 0 Å². The average molecular weight is 511 g/mol. The summed E-state index contributed by atoms with van der Waals surface area (Å²) < 4.78 is 66.6. The molecule has 0 aliphatic heterocycles. The maximum Gasteiger partial charge on any atom is 1.00 e. The quantitative estimate of drug-likeness (QED) is 0.293. The Bertz CT molecular complexity index is 1330.